The number of carboxylic acid groups (broad SMARTS) is 1. The summed E-state index contributed by atoms with van der Waals surface area (Å²) in [5.41, 5.74) is -0.659. The maximum Gasteiger partial charge on any atom is 0.407 e. The molecule has 8 nitrogen and oxygen atoms in total. The molecule has 0 aliphatic carbocycles. The highest BCUT2D eigenvalue weighted by Crippen LogP contribution is 2.30. The van der Waals surface area contributed by atoms with Crippen LogP contribution in [0.15, 0.2) is 30.3 Å². The molecule has 2 rings (SSSR count). The molecule has 1 aliphatic rings. The summed E-state index contributed by atoms with van der Waals surface area (Å²) in [7, 11) is 0. The monoisotopic (exact) mass is 392 g/mol. The number of carbonyl (C=O) groups is 3. The summed E-state index contributed by atoms with van der Waals surface area (Å²) in [4.78, 5) is 41.4. The molecule has 1 saturated heterocycles. The van der Waals surface area contributed by atoms with Crippen LogP contribution in [0.5, 0.6) is 0 Å². The molecule has 0 radical (unpaired) electrons. The van der Waals surface area contributed by atoms with Crippen molar-refractivity contribution in [3.05, 3.63) is 35.9 Å². The van der Waals surface area contributed by atoms with Gasteiger partial charge in [0, 0.05) is 13.1 Å². The molecule has 1 heterocycles. The second-order valence-corrected chi connectivity index (χ2v) is 6.85. The average Bonchev–Trinajstić information content (AvgIpc) is 3.13. The van der Waals surface area contributed by atoms with E-state index in [4.69, 9.17) is 9.57 Å². The second-order valence-electron chi connectivity index (χ2n) is 6.85. The third-order valence-corrected chi connectivity index (χ3v) is 5.23. The first-order valence-corrected chi connectivity index (χ1v) is 9.60. The summed E-state index contributed by atoms with van der Waals surface area (Å²) in [6, 6.07) is 9.13. The fourth-order valence-electron chi connectivity index (χ4n) is 3.23. The topological polar surface area (TPSA) is 105 Å². The lowest BCUT2D eigenvalue weighted by molar-refractivity contribution is -0.209. The molecule has 154 valence electrons. The quantitative estimate of drug-likeness (QED) is 0.623. The standard InChI is InChI=1S/C20H28N2O6/c1-3-20(4-2,17(23)24)18(25)28-22-12-8-11-16(22)13-21-19(26)27-14-15-9-6-5-7-10-15/h5-7,9-10,16H,3-4,8,11-14H2,1-2H3,(H,21,26)(H,23,24)/t16-/m0/s1. The first-order valence-electron chi connectivity index (χ1n) is 9.60. The molecule has 0 spiro atoms. The van der Waals surface area contributed by atoms with Gasteiger partial charge in [-0.25, -0.2) is 9.59 Å². The van der Waals surface area contributed by atoms with E-state index in [9.17, 15) is 19.5 Å². The summed E-state index contributed by atoms with van der Waals surface area (Å²) in [5.74, 6) is -1.94. The van der Waals surface area contributed by atoms with Crippen molar-refractivity contribution in [2.45, 2.75) is 52.2 Å². The number of carboxylic acids is 1. The van der Waals surface area contributed by atoms with Crippen molar-refractivity contribution in [3.8, 4) is 0 Å². The van der Waals surface area contributed by atoms with Gasteiger partial charge in [-0.2, -0.15) is 0 Å². The van der Waals surface area contributed by atoms with Crippen molar-refractivity contribution in [1.29, 1.82) is 0 Å². The Kier molecular flexibility index (Phi) is 7.80. The van der Waals surface area contributed by atoms with Gasteiger partial charge in [0.1, 0.15) is 6.61 Å². The van der Waals surface area contributed by atoms with Crippen molar-refractivity contribution in [1.82, 2.24) is 10.4 Å². The Hall–Kier alpha value is -2.61. The lowest BCUT2D eigenvalue weighted by Crippen LogP contribution is -2.46. The highest BCUT2D eigenvalue weighted by molar-refractivity contribution is 5.98. The van der Waals surface area contributed by atoms with Gasteiger partial charge in [-0.05, 0) is 31.2 Å². The van der Waals surface area contributed by atoms with Gasteiger partial charge >= 0.3 is 18.0 Å². The van der Waals surface area contributed by atoms with Crippen LogP contribution in [-0.2, 0) is 25.8 Å². The number of hydroxylamine groups is 2. The molecule has 2 N–H and O–H groups in total. The number of aliphatic carboxylic acids is 1. The Bertz CT molecular complexity index is 675. The molecule has 8 heteroatoms. The molecular weight excluding hydrogens is 364 g/mol. The number of amides is 1. The molecule has 0 aromatic heterocycles. The van der Waals surface area contributed by atoms with Crippen LogP contribution in [-0.4, -0.2) is 47.3 Å². The van der Waals surface area contributed by atoms with Gasteiger partial charge in [-0.3, -0.25) is 4.79 Å². The number of benzene rings is 1. The van der Waals surface area contributed by atoms with E-state index in [2.05, 4.69) is 5.32 Å². The minimum Gasteiger partial charge on any atom is -0.480 e. The molecule has 1 fully saturated rings. The zero-order chi connectivity index (χ0) is 20.6. The summed E-state index contributed by atoms with van der Waals surface area (Å²) in [6.07, 6.45) is 1.27. The van der Waals surface area contributed by atoms with E-state index in [-0.39, 0.29) is 32.0 Å². The van der Waals surface area contributed by atoms with Crippen molar-refractivity contribution in [2.75, 3.05) is 13.1 Å². The van der Waals surface area contributed by atoms with Gasteiger partial charge in [0.05, 0.1) is 6.04 Å². The highest BCUT2D eigenvalue weighted by atomic mass is 16.7. The van der Waals surface area contributed by atoms with Crippen LogP contribution in [0.25, 0.3) is 0 Å². The number of hydrogen-bond acceptors (Lipinski definition) is 6. The molecule has 1 aliphatic heterocycles. The van der Waals surface area contributed by atoms with Gasteiger partial charge < -0.3 is 20.0 Å². The molecule has 1 aromatic rings. The Labute approximate surface area is 164 Å². The summed E-state index contributed by atoms with van der Waals surface area (Å²) < 4.78 is 5.17. The number of rotatable bonds is 9. The van der Waals surface area contributed by atoms with Gasteiger partial charge in [-0.15, -0.1) is 5.06 Å². The molecule has 1 atom stereocenters. The molecular formula is C20H28N2O6. The van der Waals surface area contributed by atoms with Crippen LogP contribution in [0.2, 0.25) is 0 Å². The van der Waals surface area contributed by atoms with E-state index >= 15 is 0 Å². The maximum atomic E-state index is 12.5. The van der Waals surface area contributed by atoms with Crippen molar-refractivity contribution >= 4 is 18.0 Å². The SMILES string of the molecule is CCC(CC)(C(=O)O)C(=O)ON1CCC[C@H]1CNC(=O)OCc1ccccc1. The molecule has 0 unspecified atom stereocenters. The van der Waals surface area contributed by atoms with E-state index in [1.807, 2.05) is 30.3 Å². The van der Waals surface area contributed by atoms with E-state index < -0.39 is 23.4 Å². The Balaban J connectivity index is 1.84. The van der Waals surface area contributed by atoms with Crippen LogP contribution >= 0.6 is 0 Å². The van der Waals surface area contributed by atoms with Crippen LogP contribution < -0.4 is 5.32 Å². The zero-order valence-electron chi connectivity index (χ0n) is 16.3. The van der Waals surface area contributed by atoms with E-state index in [1.165, 1.54) is 5.06 Å². The van der Waals surface area contributed by atoms with E-state index in [0.717, 1.165) is 18.4 Å². The summed E-state index contributed by atoms with van der Waals surface area (Å²) in [6.45, 7) is 4.24. The van der Waals surface area contributed by atoms with Gasteiger partial charge in [0.2, 0.25) is 0 Å². The first kappa shape index (κ1) is 21.7. The predicted molar refractivity (Wildman–Crippen MR) is 101 cm³/mol. The van der Waals surface area contributed by atoms with Crippen LogP contribution in [0.1, 0.15) is 45.1 Å². The molecule has 0 bridgehead atoms. The van der Waals surface area contributed by atoms with Crippen LogP contribution in [0.4, 0.5) is 4.79 Å². The Morgan fingerprint density at radius 3 is 2.50 bits per heavy atom. The maximum absolute atomic E-state index is 12.5. The predicted octanol–water partition coefficient (Wildman–Crippen LogP) is 2.73. The number of nitrogens with one attached hydrogen (secondary N) is 1. The Morgan fingerprint density at radius 2 is 1.89 bits per heavy atom. The third kappa shape index (κ3) is 5.22. The number of hydrogen-bond donors (Lipinski definition) is 2. The number of ether oxygens (including phenoxy) is 1. The van der Waals surface area contributed by atoms with E-state index in [0.29, 0.717) is 6.54 Å². The zero-order valence-corrected chi connectivity index (χ0v) is 16.3. The minimum atomic E-state index is -1.55. The normalized spacial score (nSPS) is 17.1. The summed E-state index contributed by atoms with van der Waals surface area (Å²) in [5, 5.41) is 13.6. The fourth-order valence-corrected chi connectivity index (χ4v) is 3.23. The molecule has 1 aromatic carbocycles. The summed E-state index contributed by atoms with van der Waals surface area (Å²) >= 11 is 0. The highest BCUT2D eigenvalue weighted by Gasteiger charge is 2.46. The molecule has 28 heavy (non-hydrogen) atoms. The lowest BCUT2D eigenvalue weighted by Gasteiger charge is -2.29. The average molecular weight is 392 g/mol. The number of carbonyl (C=O) groups excluding carboxylic acids is 2. The number of nitrogens with zero attached hydrogens (tertiary/aromatic N) is 1. The second kappa shape index (κ2) is 10.1. The van der Waals surface area contributed by atoms with Gasteiger partial charge in [0.15, 0.2) is 5.41 Å². The van der Waals surface area contributed by atoms with Gasteiger partial charge in [-0.1, -0.05) is 44.2 Å². The largest absolute Gasteiger partial charge is 0.480 e. The van der Waals surface area contributed by atoms with Crippen molar-refractivity contribution < 1.29 is 29.1 Å². The fraction of sp³-hybridized carbons (Fsp3) is 0.550. The lowest BCUT2D eigenvalue weighted by atomic mass is 9.83. The van der Waals surface area contributed by atoms with E-state index in [1.54, 1.807) is 13.8 Å². The minimum absolute atomic E-state index is 0.153. The third-order valence-electron chi connectivity index (χ3n) is 5.23. The molecule has 1 amide bonds. The van der Waals surface area contributed by atoms with Gasteiger partial charge in [0.25, 0.3) is 0 Å². The number of alkyl carbamates (subject to hydrolysis) is 1. The Morgan fingerprint density at radius 1 is 1.21 bits per heavy atom. The molecule has 0 saturated carbocycles. The van der Waals surface area contributed by atoms with Crippen LogP contribution in [0, 0.1) is 5.41 Å². The van der Waals surface area contributed by atoms with Crippen LogP contribution in [0.3, 0.4) is 0 Å². The van der Waals surface area contributed by atoms with Crippen molar-refractivity contribution in [2.24, 2.45) is 5.41 Å². The smallest absolute Gasteiger partial charge is 0.407 e. The van der Waals surface area contributed by atoms with Crippen molar-refractivity contribution in [3.63, 3.8) is 0 Å². The first-order chi connectivity index (χ1) is 13.4.